The molecule has 1 amide bonds. The molecule has 1 aromatic heterocycles. The maximum absolute atomic E-state index is 14.0. The van der Waals surface area contributed by atoms with Gasteiger partial charge in [-0.05, 0) is 82.0 Å². The zero-order valence-electron chi connectivity index (χ0n) is 21.9. The van der Waals surface area contributed by atoms with E-state index in [0.717, 1.165) is 70.3 Å². The minimum atomic E-state index is -0.120. The Morgan fingerprint density at radius 1 is 1.00 bits per heavy atom. The number of carbonyl (C=O) groups is 1. The molecule has 1 aliphatic carbocycles. The molecule has 0 spiro atoms. The first kappa shape index (κ1) is 24.5. The minimum absolute atomic E-state index is 0.0675. The molecule has 0 radical (unpaired) electrons. The first-order valence-corrected chi connectivity index (χ1v) is 14.8. The summed E-state index contributed by atoms with van der Waals surface area (Å²) in [5.74, 6) is 0.971. The Morgan fingerprint density at radius 2 is 1.74 bits per heavy atom. The van der Waals surface area contributed by atoms with E-state index in [1.165, 1.54) is 25.7 Å². The van der Waals surface area contributed by atoms with E-state index in [2.05, 4.69) is 9.80 Å². The number of phenols is 1. The molecule has 0 unspecified atom stereocenters. The zero-order valence-corrected chi connectivity index (χ0v) is 22.7. The summed E-state index contributed by atoms with van der Waals surface area (Å²) >= 11 is 6.59. The standard InChI is InChI=1S/C29H36ClN5O3/c30-21-15-20(36)16-23(24(21)19-7-8-19)35-17-22-25(27(35)37)26(33-11-3-1-2-4-12-33)32-28(31-22)38-18-29-9-5-13-34(29)14-6-10-29/h15-16,19,36H,1-14,17-18H2. The van der Waals surface area contributed by atoms with E-state index in [0.29, 0.717) is 52.9 Å². The van der Waals surface area contributed by atoms with Crippen LogP contribution in [0.4, 0.5) is 11.5 Å². The second-order valence-corrected chi connectivity index (χ2v) is 12.2. The lowest BCUT2D eigenvalue weighted by molar-refractivity contribution is 0.0995. The van der Waals surface area contributed by atoms with Crippen LogP contribution in [0.5, 0.6) is 11.8 Å². The molecule has 5 heterocycles. The maximum atomic E-state index is 14.0. The Balaban J connectivity index is 1.25. The van der Waals surface area contributed by atoms with E-state index in [-0.39, 0.29) is 17.2 Å². The third kappa shape index (κ3) is 4.20. The highest BCUT2D eigenvalue weighted by Crippen LogP contribution is 2.50. The highest BCUT2D eigenvalue weighted by atomic mass is 35.5. The van der Waals surface area contributed by atoms with Crippen LogP contribution in [0, 0.1) is 0 Å². The molecule has 5 aliphatic rings. The van der Waals surface area contributed by atoms with E-state index in [1.807, 2.05) is 0 Å². The number of carbonyl (C=O) groups excluding carboxylic acids is 1. The highest BCUT2D eigenvalue weighted by molar-refractivity contribution is 6.32. The lowest BCUT2D eigenvalue weighted by atomic mass is 9.95. The van der Waals surface area contributed by atoms with Gasteiger partial charge in [-0.2, -0.15) is 9.97 Å². The number of phenolic OH excluding ortho intramolecular Hbond substituents is 1. The molecule has 4 aliphatic heterocycles. The Morgan fingerprint density at radius 3 is 2.45 bits per heavy atom. The third-order valence-corrected chi connectivity index (χ3v) is 9.58. The molecule has 1 aromatic carbocycles. The number of amides is 1. The van der Waals surface area contributed by atoms with Crippen LogP contribution in [0.15, 0.2) is 12.1 Å². The van der Waals surface area contributed by atoms with Crippen molar-refractivity contribution in [2.24, 2.45) is 0 Å². The quantitative estimate of drug-likeness (QED) is 0.538. The van der Waals surface area contributed by atoms with Crippen LogP contribution < -0.4 is 14.5 Å². The number of hydrogen-bond acceptors (Lipinski definition) is 7. The molecule has 2 aromatic rings. The number of nitrogens with zero attached hydrogens (tertiary/aromatic N) is 5. The second-order valence-electron chi connectivity index (χ2n) is 11.8. The minimum Gasteiger partial charge on any atom is -0.508 e. The van der Waals surface area contributed by atoms with Crippen molar-refractivity contribution in [3.05, 3.63) is 34.0 Å². The Kier molecular flexibility index (Phi) is 6.15. The van der Waals surface area contributed by atoms with E-state index < -0.39 is 0 Å². The van der Waals surface area contributed by atoms with Gasteiger partial charge < -0.3 is 19.6 Å². The van der Waals surface area contributed by atoms with Gasteiger partial charge in [0.25, 0.3) is 5.91 Å². The fourth-order valence-electron chi connectivity index (χ4n) is 7.18. The summed E-state index contributed by atoms with van der Waals surface area (Å²) in [4.78, 5) is 30.4. The molecule has 202 valence electrons. The van der Waals surface area contributed by atoms with E-state index in [4.69, 9.17) is 26.3 Å². The topological polar surface area (TPSA) is 82.0 Å². The summed E-state index contributed by atoms with van der Waals surface area (Å²) in [6.45, 7) is 4.96. The number of benzene rings is 1. The van der Waals surface area contributed by atoms with E-state index in [1.54, 1.807) is 17.0 Å². The summed E-state index contributed by atoms with van der Waals surface area (Å²) < 4.78 is 6.39. The molecule has 4 fully saturated rings. The van der Waals surface area contributed by atoms with Crippen molar-refractivity contribution in [3.8, 4) is 11.8 Å². The Labute approximate surface area is 228 Å². The van der Waals surface area contributed by atoms with Crippen molar-refractivity contribution < 1.29 is 14.6 Å². The summed E-state index contributed by atoms with van der Waals surface area (Å²) in [7, 11) is 0. The number of hydrogen-bond donors (Lipinski definition) is 1. The van der Waals surface area contributed by atoms with Crippen LogP contribution in [0.25, 0.3) is 0 Å². The first-order chi connectivity index (χ1) is 18.5. The number of halogens is 1. The SMILES string of the molecule is O=C1c2c(nc(OCC34CCCN3CCC4)nc2N2CCCCCC2)CN1c1cc(O)cc(Cl)c1C1CC1. The summed E-state index contributed by atoms with van der Waals surface area (Å²) in [6.07, 6.45) is 11.4. The second kappa shape index (κ2) is 9.56. The van der Waals surface area contributed by atoms with Gasteiger partial charge in [0.05, 0.1) is 23.5 Å². The number of aromatic hydroxyl groups is 1. The van der Waals surface area contributed by atoms with Gasteiger partial charge in [0, 0.05) is 24.2 Å². The zero-order chi connectivity index (χ0) is 25.9. The molecule has 7 rings (SSSR count). The average molecular weight is 538 g/mol. The Bertz CT molecular complexity index is 1250. The summed E-state index contributed by atoms with van der Waals surface area (Å²) in [5.41, 5.74) is 3.02. The van der Waals surface area contributed by atoms with Gasteiger partial charge in [-0.1, -0.05) is 24.4 Å². The van der Waals surface area contributed by atoms with E-state index >= 15 is 0 Å². The monoisotopic (exact) mass is 537 g/mol. The van der Waals surface area contributed by atoms with E-state index in [9.17, 15) is 9.90 Å². The number of aromatic nitrogens is 2. The molecule has 1 N–H and O–H groups in total. The van der Waals surface area contributed by atoms with Gasteiger partial charge in [-0.25, -0.2) is 0 Å². The van der Waals surface area contributed by atoms with Gasteiger partial charge in [0.15, 0.2) is 0 Å². The molecule has 38 heavy (non-hydrogen) atoms. The predicted molar refractivity (Wildman–Crippen MR) is 147 cm³/mol. The van der Waals surface area contributed by atoms with Crippen LogP contribution in [-0.2, 0) is 6.54 Å². The number of ether oxygens (including phenoxy) is 1. The fraction of sp³-hybridized carbons (Fsp3) is 0.621. The van der Waals surface area contributed by atoms with Crippen molar-refractivity contribution in [3.63, 3.8) is 0 Å². The molecular formula is C29H36ClN5O3. The number of rotatable bonds is 6. The smallest absolute Gasteiger partial charge is 0.318 e. The van der Waals surface area contributed by atoms with Gasteiger partial charge >= 0.3 is 6.01 Å². The third-order valence-electron chi connectivity index (χ3n) is 9.27. The maximum Gasteiger partial charge on any atom is 0.318 e. The molecule has 0 bridgehead atoms. The van der Waals surface area contributed by atoms with Crippen molar-refractivity contribution in [1.29, 1.82) is 0 Å². The molecule has 1 saturated carbocycles. The van der Waals surface area contributed by atoms with Gasteiger partial charge in [0.2, 0.25) is 0 Å². The van der Waals surface area contributed by atoms with Crippen LogP contribution >= 0.6 is 11.6 Å². The van der Waals surface area contributed by atoms with Gasteiger partial charge in [-0.15, -0.1) is 0 Å². The van der Waals surface area contributed by atoms with Gasteiger partial charge in [-0.3, -0.25) is 9.69 Å². The largest absolute Gasteiger partial charge is 0.508 e. The lowest BCUT2D eigenvalue weighted by Crippen LogP contribution is -2.43. The number of fused-ring (bicyclic) bond motifs is 2. The molecule has 3 saturated heterocycles. The van der Waals surface area contributed by atoms with Gasteiger partial charge in [0.1, 0.15) is 23.7 Å². The molecule has 9 heteroatoms. The molecule has 0 atom stereocenters. The van der Waals surface area contributed by atoms with Crippen LogP contribution in [0.1, 0.15) is 91.7 Å². The van der Waals surface area contributed by atoms with Crippen molar-refractivity contribution in [2.45, 2.75) is 82.2 Å². The van der Waals surface area contributed by atoms with Crippen molar-refractivity contribution >= 4 is 29.0 Å². The average Bonchev–Trinajstić information content (AvgIpc) is 3.51. The van der Waals surface area contributed by atoms with Crippen LogP contribution in [-0.4, -0.2) is 64.2 Å². The first-order valence-electron chi connectivity index (χ1n) is 14.4. The lowest BCUT2D eigenvalue weighted by Gasteiger charge is -2.31. The predicted octanol–water partition coefficient (Wildman–Crippen LogP) is 5.26. The van der Waals surface area contributed by atoms with Crippen molar-refractivity contribution in [1.82, 2.24) is 14.9 Å². The number of anilines is 2. The van der Waals surface area contributed by atoms with Crippen LogP contribution in [0.2, 0.25) is 5.02 Å². The Hall–Kier alpha value is -2.58. The fourth-order valence-corrected chi connectivity index (χ4v) is 7.54. The normalized spacial score (nSPS) is 23.0. The van der Waals surface area contributed by atoms with Crippen molar-refractivity contribution in [2.75, 3.05) is 42.6 Å². The molecular weight excluding hydrogens is 502 g/mol. The van der Waals surface area contributed by atoms with Crippen LogP contribution in [0.3, 0.4) is 0 Å². The molecule has 8 nitrogen and oxygen atoms in total. The summed E-state index contributed by atoms with van der Waals surface area (Å²) in [6, 6.07) is 3.63. The summed E-state index contributed by atoms with van der Waals surface area (Å²) in [5, 5.41) is 10.9. The highest BCUT2D eigenvalue weighted by Gasteiger charge is 2.45.